The summed E-state index contributed by atoms with van der Waals surface area (Å²) in [7, 11) is -4.05. The van der Waals surface area contributed by atoms with Crippen LogP contribution in [-0.4, -0.2) is 24.0 Å². The van der Waals surface area contributed by atoms with Crippen LogP contribution in [0.1, 0.15) is 28.9 Å². The van der Waals surface area contributed by atoms with Gasteiger partial charge in [-0.3, -0.25) is 4.79 Å². The van der Waals surface area contributed by atoms with E-state index in [1.54, 1.807) is 10.8 Å². The summed E-state index contributed by atoms with van der Waals surface area (Å²) in [5.74, 6) is -0.638. The summed E-state index contributed by atoms with van der Waals surface area (Å²) < 4.78 is 32.9. The van der Waals surface area contributed by atoms with Gasteiger partial charge in [0.25, 0.3) is 15.9 Å². The van der Waals surface area contributed by atoms with Gasteiger partial charge in [0.05, 0.1) is 5.02 Å². The monoisotopic (exact) mass is 331 g/mol. The second-order valence-electron chi connectivity index (χ2n) is 4.42. The molecule has 0 aliphatic rings. The minimum Gasteiger partial charge on any atom is -0.360 e. The number of amides is 1. The summed E-state index contributed by atoms with van der Waals surface area (Å²) in [6, 6.07) is 1.41. The Morgan fingerprint density at radius 1 is 1.48 bits per heavy atom. The molecule has 114 valence electrons. The van der Waals surface area contributed by atoms with Gasteiger partial charge in [0, 0.05) is 12.7 Å². The van der Waals surface area contributed by atoms with Gasteiger partial charge in [0.2, 0.25) is 0 Å². The third kappa shape index (κ3) is 2.96. The highest BCUT2D eigenvalue weighted by Crippen LogP contribution is 2.20. The lowest BCUT2D eigenvalue weighted by Crippen LogP contribution is -2.32. The molecule has 2 aromatic rings. The fraction of sp³-hybridized carbons (Fsp3) is 0.333. The summed E-state index contributed by atoms with van der Waals surface area (Å²) in [4.78, 5) is 12.0. The fourth-order valence-corrected chi connectivity index (χ4v) is 3.52. The predicted octanol–water partition coefficient (Wildman–Crippen LogP) is 1.88. The van der Waals surface area contributed by atoms with Gasteiger partial charge in [-0.05, 0) is 26.8 Å². The second-order valence-corrected chi connectivity index (χ2v) is 6.47. The van der Waals surface area contributed by atoms with E-state index in [0.717, 1.165) is 0 Å². The molecule has 1 N–H and O–H groups in total. The maximum Gasteiger partial charge on any atom is 0.281 e. The lowest BCUT2D eigenvalue weighted by atomic mass is 10.4. The van der Waals surface area contributed by atoms with Crippen LogP contribution < -0.4 is 4.72 Å². The molecule has 2 rings (SSSR count). The van der Waals surface area contributed by atoms with E-state index >= 15 is 0 Å². The lowest BCUT2D eigenvalue weighted by Gasteiger charge is -2.08. The van der Waals surface area contributed by atoms with E-state index in [2.05, 4.69) is 5.16 Å². The first-order valence-electron chi connectivity index (χ1n) is 6.12. The van der Waals surface area contributed by atoms with Crippen LogP contribution in [0.5, 0.6) is 0 Å². The highest BCUT2D eigenvalue weighted by molar-refractivity contribution is 7.90. The van der Waals surface area contributed by atoms with Crippen molar-refractivity contribution >= 4 is 27.5 Å². The molecule has 0 spiro atoms. The largest absolute Gasteiger partial charge is 0.360 e. The van der Waals surface area contributed by atoms with Crippen molar-refractivity contribution in [2.45, 2.75) is 32.2 Å². The molecule has 0 bridgehead atoms. The zero-order valence-corrected chi connectivity index (χ0v) is 13.2. The summed E-state index contributed by atoms with van der Waals surface area (Å²) >= 11 is 5.83. The molecule has 0 radical (unpaired) electrons. The molecule has 0 aliphatic carbocycles. The first-order valence-corrected chi connectivity index (χ1v) is 7.98. The molecule has 1 amide bonds. The van der Waals surface area contributed by atoms with E-state index in [1.807, 2.05) is 11.6 Å². The van der Waals surface area contributed by atoms with Gasteiger partial charge in [-0.1, -0.05) is 16.8 Å². The van der Waals surface area contributed by atoms with E-state index in [4.69, 9.17) is 16.1 Å². The molecular weight excluding hydrogens is 318 g/mol. The normalized spacial score (nSPS) is 11.6. The Hall–Kier alpha value is -1.80. The van der Waals surface area contributed by atoms with E-state index in [9.17, 15) is 13.2 Å². The zero-order chi connectivity index (χ0) is 15.8. The van der Waals surface area contributed by atoms with Crippen molar-refractivity contribution in [3.8, 4) is 0 Å². The molecular formula is C12H14ClN3O4S. The second kappa shape index (κ2) is 5.53. The molecule has 2 heterocycles. The quantitative estimate of drug-likeness (QED) is 0.923. The Bertz CT molecular complexity index is 772. The number of rotatable bonds is 4. The Morgan fingerprint density at radius 3 is 2.67 bits per heavy atom. The molecule has 0 aliphatic heterocycles. The van der Waals surface area contributed by atoms with Crippen LogP contribution in [0.15, 0.2) is 21.7 Å². The SMILES string of the molecule is CCn1cc(Cl)cc1C(=O)NS(=O)(=O)c1c(C)noc1C. The molecule has 0 saturated heterocycles. The summed E-state index contributed by atoms with van der Waals surface area (Å²) in [5, 5.41) is 3.93. The molecule has 0 fully saturated rings. The van der Waals surface area contributed by atoms with Gasteiger partial charge in [0.1, 0.15) is 11.4 Å². The molecule has 0 atom stereocenters. The molecule has 9 heteroatoms. The van der Waals surface area contributed by atoms with Crippen molar-refractivity contribution in [1.29, 1.82) is 0 Å². The Labute approximate surface area is 126 Å². The van der Waals surface area contributed by atoms with Crippen LogP contribution in [0, 0.1) is 13.8 Å². The number of hydrogen-bond acceptors (Lipinski definition) is 5. The minimum atomic E-state index is -4.05. The van der Waals surface area contributed by atoms with Crippen LogP contribution in [-0.2, 0) is 16.6 Å². The smallest absolute Gasteiger partial charge is 0.281 e. The number of halogens is 1. The average molecular weight is 332 g/mol. The third-order valence-electron chi connectivity index (χ3n) is 2.90. The average Bonchev–Trinajstić information content (AvgIpc) is 2.92. The summed E-state index contributed by atoms with van der Waals surface area (Å²) in [5.41, 5.74) is 0.356. The van der Waals surface area contributed by atoms with Crippen LogP contribution in [0.4, 0.5) is 0 Å². The number of carbonyl (C=O) groups excluding carboxylic acids is 1. The number of hydrogen-bond donors (Lipinski definition) is 1. The minimum absolute atomic E-state index is 0.122. The molecule has 21 heavy (non-hydrogen) atoms. The van der Waals surface area contributed by atoms with Gasteiger partial charge in [-0.2, -0.15) is 0 Å². The van der Waals surface area contributed by atoms with E-state index in [0.29, 0.717) is 11.6 Å². The predicted molar refractivity (Wildman–Crippen MR) is 75.7 cm³/mol. The van der Waals surface area contributed by atoms with Crippen LogP contribution in [0.2, 0.25) is 5.02 Å². The number of aromatic nitrogens is 2. The number of aryl methyl sites for hydroxylation is 3. The topological polar surface area (TPSA) is 94.2 Å². The molecule has 0 aromatic carbocycles. The molecule has 2 aromatic heterocycles. The maximum absolute atomic E-state index is 12.3. The highest BCUT2D eigenvalue weighted by Gasteiger charge is 2.27. The van der Waals surface area contributed by atoms with E-state index < -0.39 is 15.9 Å². The van der Waals surface area contributed by atoms with Crippen LogP contribution in [0.25, 0.3) is 0 Å². The Kier molecular flexibility index (Phi) is 4.11. The van der Waals surface area contributed by atoms with Crippen molar-refractivity contribution in [3.63, 3.8) is 0 Å². The standard InChI is InChI=1S/C12H14ClN3O4S/c1-4-16-6-9(13)5-10(16)12(17)15-21(18,19)11-7(2)14-20-8(11)3/h5-6H,4H2,1-3H3,(H,15,17). The van der Waals surface area contributed by atoms with Crippen molar-refractivity contribution < 1.29 is 17.7 Å². The molecule has 0 unspecified atom stereocenters. The summed E-state index contributed by atoms with van der Waals surface area (Å²) in [6.45, 7) is 5.25. The van der Waals surface area contributed by atoms with Crippen molar-refractivity contribution in [2.75, 3.05) is 0 Å². The number of nitrogens with one attached hydrogen (secondary N) is 1. The Balaban J connectivity index is 2.35. The number of nitrogens with zero attached hydrogens (tertiary/aromatic N) is 2. The van der Waals surface area contributed by atoms with Gasteiger partial charge < -0.3 is 9.09 Å². The van der Waals surface area contributed by atoms with Gasteiger partial charge >= 0.3 is 0 Å². The number of sulfonamides is 1. The lowest BCUT2D eigenvalue weighted by molar-refractivity contribution is 0.0972. The van der Waals surface area contributed by atoms with Crippen molar-refractivity contribution in [2.24, 2.45) is 0 Å². The molecule has 7 nitrogen and oxygen atoms in total. The molecule has 0 saturated carbocycles. The van der Waals surface area contributed by atoms with Gasteiger partial charge in [0.15, 0.2) is 10.7 Å². The zero-order valence-electron chi connectivity index (χ0n) is 11.7. The van der Waals surface area contributed by atoms with Crippen molar-refractivity contribution in [1.82, 2.24) is 14.4 Å². The first-order chi connectivity index (χ1) is 9.76. The van der Waals surface area contributed by atoms with Gasteiger partial charge in [-0.15, -0.1) is 0 Å². The number of carbonyl (C=O) groups is 1. The fourth-order valence-electron chi connectivity index (χ4n) is 2.01. The third-order valence-corrected chi connectivity index (χ3v) is 4.68. The van der Waals surface area contributed by atoms with Crippen LogP contribution in [0.3, 0.4) is 0 Å². The van der Waals surface area contributed by atoms with Crippen LogP contribution >= 0.6 is 11.6 Å². The first kappa shape index (κ1) is 15.6. The van der Waals surface area contributed by atoms with Crippen molar-refractivity contribution in [3.05, 3.63) is 34.4 Å². The van der Waals surface area contributed by atoms with E-state index in [-0.39, 0.29) is 22.0 Å². The Morgan fingerprint density at radius 2 is 2.14 bits per heavy atom. The maximum atomic E-state index is 12.3. The van der Waals surface area contributed by atoms with E-state index in [1.165, 1.54) is 19.9 Å². The van der Waals surface area contributed by atoms with Gasteiger partial charge in [-0.25, -0.2) is 13.1 Å². The summed E-state index contributed by atoms with van der Waals surface area (Å²) in [6.07, 6.45) is 1.55. The highest BCUT2D eigenvalue weighted by atomic mass is 35.5.